The van der Waals surface area contributed by atoms with Gasteiger partial charge in [0, 0.05) is 11.1 Å². The SMILES string of the molecule is CCc1c(O)cc(C)c2c1OC(C)(C)CC2C. The highest BCUT2D eigenvalue weighted by molar-refractivity contribution is 5.56. The van der Waals surface area contributed by atoms with Gasteiger partial charge in [-0.15, -0.1) is 0 Å². The van der Waals surface area contributed by atoms with Crippen LogP contribution in [-0.2, 0) is 6.42 Å². The fourth-order valence-corrected chi connectivity index (χ4v) is 3.06. The summed E-state index contributed by atoms with van der Waals surface area (Å²) in [6.07, 6.45) is 1.83. The Balaban J connectivity index is 2.66. The number of rotatable bonds is 1. The third-order valence-electron chi connectivity index (χ3n) is 3.63. The minimum absolute atomic E-state index is 0.142. The molecule has 1 aliphatic heterocycles. The monoisotopic (exact) mass is 234 g/mol. The Kier molecular flexibility index (Phi) is 2.84. The summed E-state index contributed by atoms with van der Waals surface area (Å²) in [5, 5.41) is 10.0. The van der Waals surface area contributed by atoms with Crippen LogP contribution in [0.5, 0.6) is 11.5 Å². The van der Waals surface area contributed by atoms with Crippen molar-refractivity contribution in [1.29, 1.82) is 0 Å². The first-order valence-electron chi connectivity index (χ1n) is 6.40. The van der Waals surface area contributed by atoms with E-state index in [0.717, 1.165) is 29.7 Å². The molecule has 2 heteroatoms. The molecular weight excluding hydrogens is 212 g/mol. The molecule has 0 saturated heterocycles. The van der Waals surface area contributed by atoms with Crippen LogP contribution in [0.3, 0.4) is 0 Å². The van der Waals surface area contributed by atoms with E-state index < -0.39 is 0 Å². The lowest BCUT2D eigenvalue weighted by molar-refractivity contribution is 0.0727. The fraction of sp³-hybridized carbons (Fsp3) is 0.600. The van der Waals surface area contributed by atoms with Crippen molar-refractivity contribution in [3.63, 3.8) is 0 Å². The first kappa shape index (κ1) is 12.3. The molecule has 1 aromatic carbocycles. The molecule has 1 aliphatic rings. The smallest absolute Gasteiger partial charge is 0.130 e. The number of aryl methyl sites for hydroxylation is 1. The van der Waals surface area contributed by atoms with Gasteiger partial charge in [0.2, 0.25) is 0 Å². The summed E-state index contributed by atoms with van der Waals surface area (Å²) < 4.78 is 6.11. The van der Waals surface area contributed by atoms with Crippen molar-refractivity contribution in [1.82, 2.24) is 0 Å². The van der Waals surface area contributed by atoms with E-state index in [1.54, 1.807) is 0 Å². The number of aromatic hydroxyl groups is 1. The number of hydrogen-bond donors (Lipinski definition) is 1. The van der Waals surface area contributed by atoms with E-state index in [4.69, 9.17) is 4.74 Å². The Morgan fingerprint density at radius 2 is 2.12 bits per heavy atom. The van der Waals surface area contributed by atoms with E-state index in [1.807, 2.05) is 6.07 Å². The topological polar surface area (TPSA) is 29.5 Å². The number of phenols is 1. The maximum Gasteiger partial charge on any atom is 0.130 e. The third-order valence-corrected chi connectivity index (χ3v) is 3.63. The molecule has 1 heterocycles. The largest absolute Gasteiger partial charge is 0.508 e. The first-order chi connectivity index (χ1) is 7.85. The zero-order valence-electron chi connectivity index (χ0n) is 11.4. The van der Waals surface area contributed by atoms with Crippen LogP contribution in [0.4, 0.5) is 0 Å². The molecule has 1 N–H and O–H groups in total. The second kappa shape index (κ2) is 3.94. The highest BCUT2D eigenvalue weighted by Crippen LogP contribution is 2.46. The number of fused-ring (bicyclic) bond motifs is 1. The van der Waals surface area contributed by atoms with Crippen molar-refractivity contribution < 1.29 is 9.84 Å². The average molecular weight is 234 g/mol. The fourth-order valence-electron chi connectivity index (χ4n) is 3.06. The lowest BCUT2D eigenvalue weighted by Gasteiger charge is -2.38. The number of benzene rings is 1. The lowest BCUT2D eigenvalue weighted by atomic mass is 9.82. The van der Waals surface area contributed by atoms with E-state index in [9.17, 15) is 5.11 Å². The van der Waals surface area contributed by atoms with E-state index in [-0.39, 0.29) is 5.60 Å². The van der Waals surface area contributed by atoms with Crippen molar-refractivity contribution in [3.05, 3.63) is 22.8 Å². The molecule has 2 nitrogen and oxygen atoms in total. The summed E-state index contributed by atoms with van der Waals surface area (Å²) in [5.41, 5.74) is 3.22. The predicted molar refractivity (Wildman–Crippen MR) is 70.0 cm³/mol. The van der Waals surface area contributed by atoms with Crippen LogP contribution >= 0.6 is 0 Å². The Morgan fingerprint density at radius 1 is 1.47 bits per heavy atom. The van der Waals surface area contributed by atoms with Crippen LogP contribution in [0, 0.1) is 6.92 Å². The van der Waals surface area contributed by atoms with Crippen LogP contribution in [-0.4, -0.2) is 10.7 Å². The van der Waals surface area contributed by atoms with E-state index in [1.165, 1.54) is 5.56 Å². The molecule has 0 aromatic heterocycles. The van der Waals surface area contributed by atoms with Crippen LogP contribution in [0.15, 0.2) is 6.07 Å². The van der Waals surface area contributed by atoms with Crippen molar-refractivity contribution in [2.45, 2.75) is 59.0 Å². The molecule has 0 bridgehead atoms. The van der Waals surface area contributed by atoms with Gasteiger partial charge in [-0.2, -0.15) is 0 Å². The highest BCUT2D eigenvalue weighted by Gasteiger charge is 2.34. The predicted octanol–water partition coefficient (Wildman–Crippen LogP) is 3.93. The summed E-state index contributed by atoms with van der Waals surface area (Å²) in [4.78, 5) is 0. The third kappa shape index (κ3) is 2.01. The van der Waals surface area contributed by atoms with Crippen LogP contribution in [0.25, 0.3) is 0 Å². The molecular formula is C15H22O2. The van der Waals surface area contributed by atoms with E-state index in [2.05, 4.69) is 34.6 Å². The van der Waals surface area contributed by atoms with Gasteiger partial charge < -0.3 is 9.84 Å². The first-order valence-corrected chi connectivity index (χ1v) is 6.40. The molecule has 2 rings (SSSR count). The highest BCUT2D eigenvalue weighted by atomic mass is 16.5. The molecule has 94 valence electrons. The van der Waals surface area contributed by atoms with Gasteiger partial charge in [-0.05, 0) is 51.2 Å². The van der Waals surface area contributed by atoms with Gasteiger partial charge in [0.1, 0.15) is 17.1 Å². The molecule has 1 unspecified atom stereocenters. The van der Waals surface area contributed by atoms with E-state index >= 15 is 0 Å². The minimum Gasteiger partial charge on any atom is -0.508 e. The maximum absolute atomic E-state index is 10.0. The Labute approximate surface area is 104 Å². The second-order valence-corrected chi connectivity index (χ2v) is 5.75. The standard InChI is InChI=1S/C15H22O2/c1-6-11-12(16)7-9(2)13-10(3)8-15(4,5)17-14(11)13/h7,10,16H,6,8H2,1-5H3. The van der Waals surface area contributed by atoms with Crippen molar-refractivity contribution in [2.75, 3.05) is 0 Å². The van der Waals surface area contributed by atoms with Crippen molar-refractivity contribution >= 4 is 0 Å². The summed E-state index contributed by atoms with van der Waals surface area (Å²) in [7, 11) is 0. The number of phenolic OH excluding ortho intramolecular Hbond substituents is 1. The zero-order valence-corrected chi connectivity index (χ0v) is 11.4. The summed E-state index contributed by atoms with van der Waals surface area (Å²) in [5.74, 6) is 1.78. The van der Waals surface area contributed by atoms with Crippen molar-refractivity contribution in [2.24, 2.45) is 0 Å². The van der Waals surface area contributed by atoms with Gasteiger partial charge in [-0.3, -0.25) is 0 Å². The van der Waals surface area contributed by atoms with Gasteiger partial charge in [-0.25, -0.2) is 0 Å². The van der Waals surface area contributed by atoms with Gasteiger partial charge in [0.25, 0.3) is 0 Å². The molecule has 1 aromatic rings. The minimum atomic E-state index is -0.142. The zero-order chi connectivity index (χ0) is 12.8. The quantitative estimate of drug-likeness (QED) is 0.797. The molecule has 0 radical (unpaired) electrons. The summed E-state index contributed by atoms with van der Waals surface area (Å²) in [6, 6.07) is 1.87. The summed E-state index contributed by atoms with van der Waals surface area (Å²) in [6.45, 7) is 10.6. The molecule has 0 aliphatic carbocycles. The Bertz CT molecular complexity index is 447. The molecule has 17 heavy (non-hydrogen) atoms. The molecule has 0 spiro atoms. The second-order valence-electron chi connectivity index (χ2n) is 5.75. The summed E-state index contributed by atoms with van der Waals surface area (Å²) >= 11 is 0. The molecule has 0 amide bonds. The van der Waals surface area contributed by atoms with Crippen molar-refractivity contribution in [3.8, 4) is 11.5 Å². The Morgan fingerprint density at radius 3 is 2.71 bits per heavy atom. The maximum atomic E-state index is 10.0. The normalized spacial score (nSPS) is 21.8. The molecule has 0 fully saturated rings. The van der Waals surface area contributed by atoms with Crippen LogP contribution < -0.4 is 4.74 Å². The number of ether oxygens (including phenoxy) is 1. The average Bonchev–Trinajstić information content (AvgIpc) is 2.14. The molecule has 1 atom stereocenters. The van der Waals surface area contributed by atoms with Gasteiger partial charge in [0.05, 0.1) is 0 Å². The van der Waals surface area contributed by atoms with Gasteiger partial charge >= 0.3 is 0 Å². The Hall–Kier alpha value is -1.18. The van der Waals surface area contributed by atoms with Crippen LogP contribution in [0.2, 0.25) is 0 Å². The lowest BCUT2D eigenvalue weighted by Crippen LogP contribution is -2.35. The van der Waals surface area contributed by atoms with Gasteiger partial charge in [0.15, 0.2) is 0 Å². The number of hydrogen-bond acceptors (Lipinski definition) is 2. The van der Waals surface area contributed by atoms with Crippen LogP contribution in [0.1, 0.15) is 56.7 Å². The van der Waals surface area contributed by atoms with Gasteiger partial charge in [-0.1, -0.05) is 13.8 Å². The van der Waals surface area contributed by atoms with E-state index in [0.29, 0.717) is 11.7 Å². The molecule has 0 saturated carbocycles.